The highest BCUT2D eigenvalue weighted by Crippen LogP contribution is 2.49. The molecule has 3 aliphatic carbocycles. The Morgan fingerprint density at radius 2 is 2.33 bits per heavy atom. The van der Waals surface area contributed by atoms with Crippen LogP contribution in [0, 0.1) is 28.6 Å². The molecule has 0 aromatic rings. The molecule has 3 atom stereocenters. The average Bonchev–Trinajstić information content (AvgIpc) is 2.19. The Hall–Kier alpha value is -0.290. The van der Waals surface area contributed by atoms with Gasteiger partial charge in [0.05, 0.1) is 11.5 Å². The molecule has 0 N–H and O–H groups in total. The van der Waals surface area contributed by atoms with Crippen LogP contribution in [0.25, 0.3) is 0 Å². The second-order valence-corrected chi connectivity index (χ2v) is 4.50. The number of nitrogens with zero attached hydrogens (tertiary/aromatic N) is 1. The number of alkyl halides is 1. The summed E-state index contributed by atoms with van der Waals surface area (Å²) in [5, 5.41) is 9.99. The Balaban J connectivity index is 2.31. The molecule has 0 radical (unpaired) electrons. The lowest BCUT2D eigenvalue weighted by atomic mass is 9.61. The van der Waals surface area contributed by atoms with Gasteiger partial charge in [0, 0.05) is 5.33 Å². The normalized spacial score (nSPS) is 44.3. The van der Waals surface area contributed by atoms with Gasteiger partial charge >= 0.3 is 0 Å². The van der Waals surface area contributed by atoms with Crippen LogP contribution in [0.15, 0.2) is 12.2 Å². The molecule has 0 spiro atoms. The van der Waals surface area contributed by atoms with E-state index in [0.717, 1.165) is 11.8 Å². The van der Waals surface area contributed by atoms with Crippen molar-refractivity contribution in [3.05, 3.63) is 12.2 Å². The van der Waals surface area contributed by atoms with E-state index in [1.165, 1.54) is 12.8 Å². The average molecular weight is 226 g/mol. The third kappa shape index (κ3) is 1.03. The molecule has 1 saturated carbocycles. The van der Waals surface area contributed by atoms with E-state index in [-0.39, 0.29) is 5.41 Å². The van der Waals surface area contributed by atoms with Gasteiger partial charge in [0.15, 0.2) is 0 Å². The van der Waals surface area contributed by atoms with Crippen LogP contribution in [-0.4, -0.2) is 5.33 Å². The third-order valence-corrected chi connectivity index (χ3v) is 4.26. The Morgan fingerprint density at radius 3 is 2.58 bits per heavy atom. The van der Waals surface area contributed by atoms with Gasteiger partial charge in [-0.3, -0.25) is 0 Å². The van der Waals surface area contributed by atoms with Crippen molar-refractivity contribution in [3.8, 4) is 6.07 Å². The predicted octanol–water partition coefficient (Wildman–Crippen LogP) is 2.88. The maximum atomic E-state index is 9.15. The molecule has 0 aliphatic heterocycles. The highest BCUT2D eigenvalue weighted by Gasteiger charge is 2.44. The van der Waals surface area contributed by atoms with Crippen molar-refractivity contribution in [3.63, 3.8) is 0 Å². The van der Waals surface area contributed by atoms with E-state index in [0.29, 0.717) is 11.8 Å². The van der Waals surface area contributed by atoms with Crippen LogP contribution >= 0.6 is 15.9 Å². The SMILES string of the molecule is N#CC1(CBr)CC2C=CC1CC2. The van der Waals surface area contributed by atoms with Crippen LogP contribution in [-0.2, 0) is 0 Å². The minimum atomic E-state index is -0.0856. The van der Waals surface area contributed by atoms with E-state index in [1.807, 2.05) is 0 Å². The fourth-order valence-electron chi connectivity index (χ4n) is 2.44. The number of fused-ring (bicyclic) bond motifs is 2. The zero-order valence-electron chi connectivity index (χ0n) is 6.96. The molecular formula is C10H12BrN. The standard InChI is InChI=1S/C10H12BrN/c11-6-10(7-12)5-8-1-3-9(10)4-2-8/h1,3,8-9H,2,4-6H2. The maximum Gasteiger partial charge on any atom is 0.0738 e. The molecular weight excluding hydrogens is 214 g/mol. The van der Waals surface area contributed by atoms with Crippen LogP contribution in [0.4, 0.5) is 0 Å². The molecule has 2 heteroatoms. The lowest BCUT2D eigenvalue weighted by Gasteiger charge is -2.43. The lowest BCUT2D eigenvalue weighted by Crippen LogP contribution is -2.39. The summed E-state index contributed by atoms with van der Waals surface area (Å²) in [6, 6.07) is 2.50. The maximum absolute atomic E-state index is 9.15. The van der Waals surface area contributed by atoms with Crippen LogP contribution in [0.1, 0.15) is 19.3 Å². The quantitative estimate of drug-likeness (QED) is 0.498. The summed E-state index contributed by atoms with van der Waals surface area (Å²) in [6.07, 6.45) is 8.11. The van der Waals surface area contributed by atoms with Crippen molar-refractivity contribution >= 4 is 15.9 Å². The van der Waals surface area contributed by atoms with Gasteiger partial charge in [-0.2, -0.15) is 5.26 Å². The molecule has 1 fully saturated rings. The highest BCUT2D eigenvalue weighted by atomic mass is 79.9. The molecule has 3 rings (SSSR count). The molecule has 0 heterocycles. The summed E-state index contributed by atoms with van der Waals surface area (Å²) in [7, 11) is 0. The number of hydrogen-bond acceptors (Lipinski definition) is 1. The monoisotopic (exact) mass is 225 g/mol. The number of nitriles is 1. The summed E-state index contributed by atoms with van der Waals surface area (Å²) in [4.78, 5) is 0. The van der Waals surface area contributed by atoms with Crippen molar-refractivity contribution in [1.82, 2.24) is 0 Å². The molecule has 0 aromatic heterocycles. The molecule has 0 amide bonds. The van der Waals surface area contributed by atoms with Crippen LogP contribution in [0.5, 0.6) is 0 Å². The van der Waals surface area contributed by atoms with Gasteiger partial charge in [0.1, 0.15) is 0 Å². The molecule has 2 bridgehead atoms. The number of hydrogen-bond donors (Lipinski definition) is 0. The van der Waals surface area contributed by atoms with E-state index < -0.39 is 0 Å². The van der Waals surface area contributed by atoms with Crippen molar-refractivity contribution in [1.29, 1.82) is 5.26 Å². The minimum Gasteiger partial charge on any atom is -0.198 e. The van der Waals surface area contributed by atoms with Crippen molar-refractivity contribution in [2.75, 3.05) is 5.33 Å². The lowest BCUT2D eigenvalue weighted by molar-refractivity contribution is 0.175. The number of rotatable bonds is 1. The molecule has 3 unspecified atom stereocenters. The largest absolute Gasteiger partial charge is 0.198 e. The minimum absolute atomic E-state index is 0.0856. The van der Waals surface area contributed by atoms with Crippen LogP contribution in [0.3, 0.4) is 0 Å². The summed E-state index contributed by atoms with van der Waals surface area (Å²) in [5.41, 5.74) is -0.0856. The molecule has 12 heavy (non-hydrogen) atoms. The first-order valence-corrected chi connectivity index (χ1v) is 5.58. The first-order chi connectivity index (χ1) is 5.80. The van der Waals surface area contributed by atoms with Crippen molar-refractivity contribution in [2.24, 2.45) is 17.3 Å². The van der Waals surface area contributed by atoms with Gasteiger partial charge in [0.2, 0.25) is 0 Å². The van der Waals surface area contributed by atoms with E-state index in [4.69, 9.17) is 5.26 Å². The zero-order valence-corrected chi connectivity index (χ0v) is 8.55. The van der Waals surface area contributed by atoms with E-state index in [1.54, 1.807) is 0 Å². The summed E-state index contributed by atoms with van der Waals surface area (Å²) >= 11 is 3.47. The van der Waals surface area contributed by atoms with Crippen molar-refractivity contribution < 1.29 is 0 Å². The van der Waals surface area contributed by atoms with Gasteiger partial charge in [-0.25, -0.2) is 0 Å². The fourth-order valence-corrected chi connectivity index (χ4v) is 3.21. The molecule has 3 aliphatic rings. The molecule has 64 valence electrons. The van der Waals surface area contributed by atoms with Crippen molar-refractivity contribution in [2.45, 2.75) is 19.3 Å². The Morgan fingerprint density at radius 1 is 1.50 bits per heavy atom. The first kappa shape index (κ1) is 8.31. The molecule has 1 nitrogen and oxygen atoms in total. The van der Waals surface area contributed by atoms with Crippen LogP contribution in [0.2, 0.25) is 0 Å². The number of allylic oxidation sites excluding steroid dienone is 2. The Bertz CT molecular complexity index is 253. The topological polar surface area (TPSA) is 23.8 Å². The second kappa shape index (κ2) is 2.88. The fraction of sp³-hybridized carbons (Fsp3) is 0.700. The smallest absolute Gasteiger partial charge is 0.0738 e. The zero-order chi connectivity index (χ0) is 8.60. The van der Waals surface area contributed by atoms with E-state index in [9.17, 15) is 0 Å². The predicted molar refractivity (Wildman–Crippen MR) is 51.8 cm³/mol. The number of halogens is 1. The molecule has 0 aromatic carbocycles. The Kier molecular flexibility index (Phi) is 2.00. The highest BCUT2D eigenvalue weighted by molar-refractivity contribution is 9.09. The summed E-state index contributed by atoms with van der Waals surface area (Å²) < 4.78 is 0. The Labute approximate surface area is 81.6 Å². The summed E-state index contributed by atoms with van der Waals surface area (Å²) in [6.45, 7) is 0. The van der Waals surface area contributed by atoms with Gasteiger partial charge in [-0.1, -0.05) is 28.1 Å². The second-order valence-electron chi connectivity index (χ2n) is 3.93. The summed E-state index contributed by atoms with van der Waals surface area (Å²) in [5.74, 6) is 1.18. The first-order valence-electron chi connectivity index (χ1n) is 4.46. The van der Waals surface area contributed by atoms with E-state index in [2.05, 4.69) is 34.2 Å². The molecule has 0 saturated heterocycles. The van der Waals surface area contributed by atoms with E-state index >= 15 is 0 Å². The van der Waals surface area contributed by atoms with Gasteiger partial charge < -0.3 is 0 Å². The van der Waals surface area contributed by atoms with Crippen LogP contribution < -0.4 is 0 Å². The van der Waals surface area contributed by atoms with Gasteiger partial charge in [-0.15, -0.1) is 0 Å². The third-order valence-electron chi connectivity index (χ3n) is 3.26. The van der Waals surface area contributed by atoms with Gasteiger partial charge in [0.25, 0.3) is 0 Å². The van der Waals surface area contributed by atoms with Gasteiger partial charge in [-0.05, 0) is 31.1 Å².